The molecule has 2 aromatic rings. The minimum absolute atomic E-state index is 0.272. The Kier molecular flexibility index (Phi) is 4.11. The third-order valence-corrected chi connectivity index (χ3v) is 3.23. The van der Waals surface area contributed by atoms with Crippen molar-refractivity contribution in [2.24, 2.45) is 0 Å². The van der Waals surface area contributed by atoms with Crippen LogP contribution < -0.4 is 5.32 Å². The molecule has 0 spiro atoms. The largest absolute Gasteiger partial charge is 0.431 e. The molecular weight excluding hydrogens is 283 g/mol. The number of hydrogen-bond donors (Lipinski definition) is 2. The smallest absolute Gasteiger partial charge is 0.351 e. The maximum Gasteiger partial charge on any atom is 0.431 e. The maximum absolute atomic E-state index is 12.6. The molecule has 0 fully saturated rings. The number of benzene rings is 1. The van der Waals surface area contributed by atoms with Gasteiger partial charge in [0.15, 0.2) is 0 Å². The predicted molar refractivity (Wildman–Crippen MR) is 75.2 cm³/mol. The van der Waals surface area contributed by atoms with Crippen LogP contribution in [0.2, 0.25) is 0 Å². The van der Waals surface area contributed by atoms with E-state index in [-0.39, 0.29) is 6.03 Å². The van der Waals surface area contributed by atoms with Gasteiger partial charge >= 0.3 is 12.2 Å². The Morgan fingerprint density at radius 2 is 1.90 bits per heavy atom. The number of aromatic amines is 1. The Hall–Kier alpha value is -2.18. The molecule has 2 N–H and O–H groups in total. The van der Waals surface area contributed by atoms with Crippen LogP contribution >= 0.6 is 0 Å². The molecule has 0 bridgehead atoms. The maximum atomic E-state index is 12.6. The zero-order chi connectivity index (χ0) is 15.6. The van der Waals surface area contributed by atoms with E-state index in [0.29, 0.717) is 29.7 Å². The van der Waals surface area contributed by atoms with Gasteiger partial charge in [-0.2, -0.15) is 13.2 Å². The highest BCUT2D eigenvalue weighted by Gasteiger charge is 2.32. The Balaban J connectivity index is 2.25. The highest BCUT2D eigenvalue weighted by Crippen LogP contribution is 2.31. The quantitative estimate of drug-likeness (QED) is 0.882. The summed E-state index contributed by atoms with van der Waals surface area (Å²) < 4.78 is 37.9. The van der Waals surface area contributed by atoms with Crippen molar-refractivity contribution in [2.45, 2.75) is 20.0 Å². The van der Waals surface area contributed by atoms with Crippen molar-refractivity contribution in [1.82, 2.24) is 9.88 Å². The summed E-state index contributed by atoms with van der Waals surface area (Å²) in [4.78, 5) is 15.8. The second-order valence-corrected chi connectivity index (χ2v) is 4.59. The average molecular weight is 299 g/mol. The summed E-state index contributed by atoms with van der Waals surface area (Å²) in [6, 6.07) is 5.36. The van der Waals surface area contributed by atoms with E-state index in [2.05, 4.69) is 10.3 Å². The molecule has 0 aliphatic rings. The van der Waals surface area contributed by atoms with Crippen LogP contribution in [0.5, 0.6) is 0 Å². The molecule has 7 heteroatoms. The molecule has 1 aromatic heterocycles. The first kappa shape index (κ1) is 15.2. The SMILES string of the molecule is CCN(CC)C(=O)Nc1ccc2[nH]c(C(F)(F)F)cc2c1. The van der Waals surface area contributed by atoms with Crippen LogP contribution in [0.4, 0.5) is 23.7 Å². The predicted octanol–water partition coefficient (Wildman–Crippen LogP) is 4.06. The topological polar surface area (TPSA) is 48.1 Å². The Morgan fingerprint density at radius 1 is 1.24 bits per heavy atom. The van der Waals surface area contributed by atoms with Crippen molar-refractivity contribution in [2.75, 3.05) is 18.4 Å². The van der Waals surface area contributed by atoms with Gasteiger partial charge in [0.2, 0.25) is 0 Å². The van der Waals surface area contributed by atoms with Gasteiger partial charge in [-0.1, -0.05) is 0 Å². The molecule has 2 amide bonds. The van der Waals surface area contributed by atoms with Crippen molar-refractivity contribution in [3.05, 3.63) is 30.0 Å². The number of rotatable bonds is 3. The highest BCUT2D eigenvalue weighted by molar-refractivity contribution is 5.93. The fraction of sp³-hybridized carbons (Fsp3) is 0.357. The van der Waals surface area contributed by atoms with E-state index in [4.69, 9.17) is 0 Å². The van der Waals surface area contributed by atoms with E-state index in [1.165, 1.54) is 12.1 Å². The summed E-state index contributed by atoms with van der Waals surface area (Å²) in [5, 5.41) is 3.08. The number of halogens is 3. The average Bonchev–Trinajstić information content (AvgIpc) is 2.83. The third-order valence-electron chi connectivity index (χ3n) is 3.23. The number of amides is 2. The first-order chi connectivity index (χ1) is 9.85. The van der Waals surface area contributed by atoms with Gasteiger partial charge < -0.3 is 15.2 Å². The first-order valence-corrected chi connectivity index (χ1v) is 6.61. The second-order valence-electron chi connectivity index (χ2n) is 4.59. The van der Waals surface area contributed by atoms with Gasteiger partial charge in [-0.15, -0.1) is 0 Å². The number of nitrogens with one attached hydrogen (secondary N) is 2. The molecule has 21 heavy (non-hydrogen) atoms. The van der Waals surface area contributed by atoms with E-state index in [1.54, 1.807) is 11.0 Å². The van der Waals surface area contributed by atoms with Crippen molar-refractivity contribution in [3.63, 3.8) is 0 Å². The minimum Gasteiger partial charge on any atom is -0.351 e. The fourth-order valence-electron chi connectivity index (χ4n) is 2.08. The monoisotopic (exact) mass is 299 g/mol. The number of nitrogens with zero attached hydrogens (tertiary/aromatic N) is 1. The Morgan fingerprint density at radius 3 is 2.48 bits per heavy atom. The number of H-pyrrole nitrogens is 1. The Bertz CT molecular complexity index is 644. The lowest BCUT2D eigenvalue weighted by Gasteiger charge is -2.19. The van der Waals surface area contributed by atoms with Crippen molar-refractivity contribution in [1.29, 1.82) is 0 Å². The first-order valence-electron chi connectivity index (χ1n) is 6.61. The van der Waals surface area contributed by atoms with Crippen LogP contribution in [0.25, 0.3) is 10.9 Å². The molecule has 2 rings (SSSR count). The third kappa shape index (κ3) is 3.29. The van der Waals surface area contributed by atoms with Gasteiger partial charge in [0, 0.05) is 29.7 Å². The molecule has 0 atom stereocenters. The van der Waals surface area contributed by atoms with Gasteiger partial charge in [0.25, 0.3) is 0 Å². The lowest BCUT2D eigenvalue weighted by atomic mass is 10.2. The second kappa shape index (κ2) is 5.67. The van der Waals surface area contributed by atoms with Crippen molar-refractivity contribution < 1.29 is 18.0 Å². The van der Waals surface area contributed by atoms with Crippen LogP contribution in [0.15, 0.2) is 24.3 Å². The molecule has 0 unspecified atom stereocenters. The zero-order valence-corrected chi connectivity index (χ0v) is 11.7. The summed E-state index contributed by atoms with van der Waals surface area (Å²) in [5.41, 5.74) is 0.0417. The molecule has 0 saturated carbocycles. The molecule has 4 nitrogen and oxygen atoms in total. The van der Waals surface area contributed by atoms with E-state index >= 15 is 0 Å². The lowest BCUT2D eigenvalue weighted by Crippen LogP contribution is -2.34. The van der Waals surface area contributed by atoms with Gasteiger partial charge in [-0.3, -0.25) is 0 Å². The molecular formula is C14H16F3N3O. The molecule has 0 radical (unpaired) electrons. The minimum atomic E-state index is -4.41. The van der Waals surface area contributed by atoms with Crippen LogP contribution in [0.1, 0.15) is 19.5 Å². The number of fused-ring (bicyclic) bond motifs is 1. The standard InChI is InChI=1S/C14H16F3N3O/c1-3-20(4-2)13(21)18-10-5-6-11-9(7-10)8-12(19-11)14(15,16)17/h5-8,19H,3-4H2,1-2H3,(H,18,21). The summed E-state index contributed by atoms with van der Waals surface area (Å²) >= 11 is 0. The number of aromatic nitrogens is 1. The summed E-state index contributed by atoms with van der Waals surface area (Å²) in [6.45, 7) is 4.84. The number of urea groups is 1. The van der Waals surface area contributed by atoms with Gasteiger partial charge in [-0.25, -0.2) is 4.79 Å². The number of carbonyl (C=O) groups is 1. The summed E-state index contributed by atoms with van der Waals surface area (Å²) in [6.07, 6.45) is -4.41. The van der Waals surface area contributed by atoms with Gasteiger partial charge in [-0.05, 0) is 38.1 Å². The van der Waals surface area contributed by atoms with E-state index in [9.17, 15) is 18.0 Å². The van der Waals surface area contributed by atoms with Crippen molar-refractivity contribution >= 4 is 22.6 Å². The number of carbonyl (C=O) groups excluding carboxylic acids is 1. The fourth-order valence-corrected chi connectivity index (χ4v) is 2.08. The van der Waals surface area contributed by atoms with Crippen LogP contribution in [0, 0.1) is 0 Å². The molecule has 0 aliphatic heterocycles. The molecule has 114 valence electrons. The van der Waals surface area contributed by atoms with E-state index in [0.717, 1.165) is 6.07 Å². The van der Waals surface area contributed by atoms with Gasteiger partial charge in [0.1, 0.15) is 5.69 Å². The van der Waals surface area contributed by atoms with E-state index in [1.807, 2.05) is 13.8 Å². The summed E-state index contributed by atoms with van der Waals surface area (Å²) in [5.74, 6) is 0. The lowest BCUT2D eigenvalue weighted by molar-refractivity contribution is -0.140. The van der Waals surface area contributed by atoms with Crippen molar-refractivity contribution in [3.8, 4) is 0 Å². The highest BCUT2D eigenvalue weighted by atomic mass is 19.4. The van der Waals surface area contributed by atoms with Crippen LogP contribution in [-0.2, 0) is 6.18 Å². The zero-order valence-electron chi connectivity index (χ0n) is 11.7. The Labute approximate surface area is 119 Å². The molecule has 0 saturated heterocycles. The summed E-state index contributed by atoms with van der Waals surface area (Å²) in [7, 11) is 0. The van der Waals surface area contributed by atoms with Crippen LogP contribution in [-0.4, -0.2) is 29.0 Å². The number of hydrogen-bond acceptors (Lipinski definition) is 1. The van der Waals surface area contributed by atoms with Crippen LogP contribution in [0.3, 0.4) is 0 Å². The van der Waals surface area contributed by atoms with E-state index < -0.39 is 11.9 Å². The molecule has 0 aliphatic carbocycles. The number of anilines is 1. The molecule has 1 aromatic carbocycles. The normalized spacial score (nSPS) is 11.7. The number of alkyl halides is 3. The molecule has 1 heterocycles. The van der Waals surface area contributed by atoms with Gasteiger partial charge in [0.05, 0.1) is 0 Å².